The first-order valence-electron chi connectivity index (χ1n) is 8.38. The molecule has 1 N–H and O–H groups in total. The monoisotopic (exact) mass is 351 g/mol. The molecule has 1 heterocycles. The van der Waals surface area contributed by atoms with Crippen molar-refractivity contribution in [2.75, 3.05) is 39.6 Å². The lowest BCUT2D eigenvalue weighted by molar-refractivity contribution is 0.171. The van der Waals surface area contributed by atoms with Crippen LogP contribution in [0.1, 0.15) is 26.3 Å². The third-order valence-electron chi connectivity index (χ3n) is 3.88. The number of thioether (sulfide) groups is 1. The van der Waals surface area contributed by atoms with Gasteiger partial charge in [0.1, 0.15) is 13.2 Å². The first-order valence-corrected chi connectivity index (χ1v) is 9.61. The van der Waals surface area contributed by atoms with Gasteiger partial charge >= 0.3 is 0 Å². The van der Waals surface area contributed by atoms with Gasteiger partial charge in [-0.15, -0.1) is 0 Å². The van der Waals surface area contributed by atoms with Crippen LogP contribution in [0, 0.1) is 0 Å². The molecular weight excluding hydrogens is 322 g/mol. The number of ether oxygens (including phenoxy) is 2. The summed E-state index contributed by atoms with van der Waals surface area (Å²) in [6.45, 7) is 10.1. The average molecular weight is 352 g/mol. The molecule has 0 unspecified atom stereocenters. The molecule has 2 rings (SSSR count). The highest BCUT2D eigenvalue weighted by Gasteiger charge is 2.17. The van der Waals surface area contributed by atoms with Crippen LogP contribution in [0.15, 0.2) is 23.2 Å². The van der Waals surface area contributed by atoms with E-state index < -0.39 is 0 Å². The summed E-state index contributed by atoms with van der Waals surface area (Å²) in [5.41, 5.74) is 1.18. The maximum atomic E-state index is 5.67. The van der Waals surface area contributed by atoms with Crippen LogP contribution < -0.4 is 14.8 Å². The topological polar surface area (TPSA) is 46.1 Å². The standard InChI is InChI=1S/C18H29N3O2S/c1-6-19-17(20-13-18(2,3)24-5)21(4)12-14-7-8-15-16(11-14)23-10-9-22-15/h7-8,11H,6,9-10,12-13H2,1-5H3,(H,19,20). The Balaban J connectivity index is 2.07. The van der Waals surface area contributed by atoms with Gasteiger partial charge in [0.05, 0.1) is 6.54 Å². The molecule has 0 aromatic heterocycles. The largest absolute Gasteiger partial charge is 0.486 e. The number of nitrogens with zero attached hydrogens (tertiary/aromatic N) is 2. The van der Waals surface area contributed by atoms with Crippen LogP contribution >= 0.6 is 11.8 Å². The zero-order valence-corrected chi connectivity index (χ0v) is 16.2. The average Bonchev–Trinajstić information content (AvgIpc) is 2.58. The molecule has 6 heteroatoms. The van der Waals surface area contributed by atoms with E-state index in [2.05, 4.69) is 56.4 Å². The van der Waals surface area contributed by atoms with Crippen molar-refractivity contribution in [2.45, 2.75) is 32.1 Å². The summed E-state index contributed by atoms with van der Waals surface area (Å²) in [5.74, 6) is 2.59. The van der Waals surface area contributed by atoms with Gasteiger partial charge in [0.2, 0.25) is 0 Å². The van der Waals surface area contributed by atoms with Gasteiger partial charge in [0, 0.05) is 24.9 Å². The highest BCUT2D eigenvalue weighted by molar-refractivity contribution is 7.99. The summed E-state index contributed by atoms with van der Waals surface area (Å²) in [5, 5.41) is 3.37. The van der Waals surface area contributed by atoms with Crippen LogP contribution in [0.2, 0.25) is 0 Å². The lowest BCUT2D eigenvalue weighted by Crippen LogP contribution is -2.39. The Kier molecular flexibility index (Phi) is 6.66. The number of hydrogen-bond acceptors (Lipinski definition) is 4. The molecule has 0 radical (unpaired) electrons. The van der Waals surface area contributed by atoms with Crippen molar-refractivity contribution >= 4 is 17.7 Å². The van der Waals surface area contributed by atoms with Gasteiger partial charge in [-0.3, -0.25) is 4.99 Å². The molecule has 0 spiro atoms. The quantitative estimate of drug-likeness (QED) is 0.631. The van der Waals surface area contributed by atoms with Crippen LogP contribution in [0.3, 0.4) is 0 Å². The summed E-state index contributed by atoms with van der Waals surface area (Å²) < 4.78 is 11.4. The van der Waals surface area contributed by atoms with Crippen molar-refractivity contribution in [3.8, 4) is 11.5 Å². The molecule has 1 aromatic carbocycles. The maximum Gasteiger partial charge on any atom is 0.194 e. The van der Waals surface area contributed by atoms with E-state index in [4.69, 9.17) is 14.5 Å². The zero-order chi connectivity index (χ0) is 17.6. The molecule has 0 amide bonds. The number of benzene rings is 1. The van der Waals surface area contributed by atoms with E-state index in [0.717, 1.165) is 37.1 Å². The summed E-state index contributed by atoms with van der Waals surface area (Å²) >= 11 is 1.83. The molecule has 134 valence electrons. The summed E-state index contributed by atoms with van der Waals surface area (Å²) in [4.78, 5) is 6.94. The normalized spacial score (nSPS) is 14.5. The third-order valence-corrected chi connectivity index (χ3v) is 5.12. The maximum absolute atomic E-state index is 5.67. The van der Waals surface area contributed by atoms with Gasteiger partial charge in [-0.05, 0) is 44.7 Å². The number of hydrogen-bond donors (Lipinski definition) is 1. The third kappa shape index (κ3) is 5.23. The van der Waals surface area contributed by atoms with E-state index in [1.165, 1.54) is 5.56 Å². The lowest BCUT2D eigenvalue weighted by atomic mass is 10.2. The molecule has 0 atom stereocenters. The van der Waals surface area contributed by atoms with Crippen molar-refractivity contribution in [3.05, 3.63) is 23.8 Å². The van der Waals surface area contributed by atoms with Crippen LogP contribution in [-0.4, -0.2) is 55.2 Å². The molecule has 1 aliphatic rings. The Hall–Kier alpha value is -1.56. The molecule has 1 aromatic rings. The second-order valence-corrected chi connectivity index (χ2v) is 7.98. The van der Waals surface area contributed by atoms with E-state index in [-0.39, 0.29) is 4.75 Å². The minimum atomic E-state index is 0.137. The van der Waals surface area contributed by atoms with Gasteiger partial charge in [0.15, 0.2) is 17.5 Å². The van der Waals surface area contributed by atoms with Crippen molar-refractivity contribution in [3.63, 3.8) is 0 Å². The Morgan fingerprint density at radius 2 is 2.00 bits per heavy atom. The molecule has 0 saturated carbocycles. The SMILES string of the molecule is CCNC(=NCC(C)(C)SC)N(C)Cc1ccc2c(c1)OCCO2. The molecule has 0 fully saturated rings. The number of aliphatic imine (C=N–C) groups is 1. The molecule has 1 aliphatic heterocycles. The van der Waals surface area contributed by atoms with Crippen molar-refractivity contribution in [1.29, 1.82) is 0 Å². The van der Waals surface area contributed by atoms with Crippen molar-refractivity contribution < 1.29 is 9.47 Å². The minimum absolute atomic E-state index is 0.137. The van der Waals surface area contributed by atoms with Gasteiger partial charge in [-0.2, -0.15) is 11.8 Å². The predicted molar refractivity (Wildman–Crippen MR) is 102 cm³/mol. The summed E-state index contributed by atoms with van der Waals surface area (Å²) in [6.07, 6.45) is 2.13. The fourth-order valence-corrected chi connectivity index (χ4v) is 2.53. The Bertz CT molecular complexity index is 575. The van der Waals surface area contributed by atoms with E-state index in [1.54, 1.807) is 0 Å². The minimum Gasteiger partial charge on any atom is -0.486 e. The Labute approximate surface area is 149 Å². The summed E-state index contributed by atoms with van der Waals surface area (Å²) in [7, 11) is 2.06. The number of fused-ring (bicyclic) bond motifs is 1. The van der Waals surface area contributed by atoms with Crippen molar-refractivity contribution in [1.82, 2.24) is 10.2 Å². The number of rotatable bonds is 6. The first-order chi connectivity index (χ1) is 11.4. The summed E-state index contributed by atoms with van der Waals surface area (Å²) in [6, 6.07) is 6.12. The van der Waals surface area contributed by atoms with Gasteiger partial charge in [0.25, 0.3) is 0 Å². The number of guanidine groups is 1. The van der Waals surface area contributed by atoms with E-state index in [0.29, 0.717) is 13.2 Å². The second-order valence-electron chi connectivity index (χ2n) is 6.47. The highest BCUT2D eigenvalue weighted by atomic mass is 32.2. The van der Waals surface area contributed by atoms with Crippen LogP contribution in [-0.2, 0) is 6.54 Å². The molecule has 0 aliphatic carbocycles. The smallest absolute Gasteiger partial charge is 0.194 e. The van der Waals surface area contributed by atoms with Crippen LogP contribution in [0.25, 0.3) is 0 Å². The molecule has 0 saturated heterocycles. The predicted octanol–water partition coefficient (Wildman–Crippen LogP) is 3.00. The van der Waals surface area contributed by atoms with Gasteiger partial charge in [-0.1, -0.05) is 6.07 Å². The lowest BCUT2D eigenvalue weighted by Gasteiger charge is -2.25. The highest BCUT2D eigenvalue weighted by Crippen LogP contribution is 2.31. The Morgan fingerprint density at radius 3 is 2.67 bits per heavy atom. The van der Waals surface area contributed by atoms with E-state index in [1.807, 2.05) is 17.8 Å². The van der Waals surface area contributed by atoms with Gasteiger partial charge < -0.3 is 19.7 Å². The Morgan fingerprint density at radius 1 is 1.29 bits per heavy atom. The molecule has 24 heavy (non-hydrogen) atoms. The zero-order valence-electron chi connectivity index (χ0n) is 15.4. The van der Waals surface area contributed by atoms with Crippen molar-refractivity contribution in [2.24, 2.45) is 4.99 Å². The van der Waals surface area contributed by atoms with Crippen LogP contribution in [0.4, 0.5) is 0 Å². The molecule has 5 nitrogen and oxygen atoms in total. The molecule has 0 bridgehead atoms. The second kappa shape index (κ2) is 8.51. The first kappa shape index (κ1) is 18.8. The van der Waals surface area contributed by atoms with Gasteiger partial charge in [-0.25, -0.2) is 0 Å². The van der Waals surface area contributed by atoms with Crippen LogP contribution in [0.5, 0.6) is 11.5 Å². The van der Waals surface area contributed by atoms with E-state index in [9.17, 15) is 0 Å². The number of nitrogens with one attached hydrogen (secondary N) is 1. The molecular formula is C18H29N3O2S. The fraction of sp³-hybridized carbons (Fsp3) is 0.611. The fourth-order valence-electron chi connectivity index (χ4n) is 2.33. The van der Waals surface area contributed by atoms with E-state index >= 15 is 0 Å².